The molecule has 0 fully saturated rings. The molecule has 3 rings (SSSR count). The zero-order chi connectivity index (χ0) is 10.3. The van der Waals surface area contributed by atoms with Crippen LogP contribution in [0.3, 0.4) is 0 Å². The van der Waals surface area contributed by atoms with Crippen LogP contribution in [0.25, 0.3) is 5.69 Å². The SMILES string of the molecule is O[NH2+]c1ccc2c(c1)COc1nccn1-2. The van der Waals surface area contributed by atoms with Gasteiger partial charge in [-0.15, -0.1) is 0 Å². The molecule has 76 valence electrons. The highest BCUT2D eigenvalue weighted by Crippen LogP contribution is 2.27. The van der Waals surface area contributed by atoms with Crippen molar-refractivity contribution in [2.75, 3.05) is 0 Å². The Hall–Kier alpha value is -1.85. The molecule has 0 aliphatic carbocycles. The lowest BCUT2D eigenvalue weighted by molar-refractivity contribution is -0.825. The molecule has 1 aliphatic heterocycles. The molecule has 0 saturated heterocycles. The summed E-state index contributed by atoms with van der Waals surface area (Å²) in [4.78, 5) is 4.08. The molecular weight excluding hydrogens is 194 g/mol. The van der Waals surface area contributed by atoms with Gasteiger partial charge in [0.2, 0.25) is 0 Å². The Bertz CT molecular complexity index is 507. The molecule has 0 bridgehead atoms. The Morgan fingerprint density at radius 2 is 2.40 bits per heavy atom. The zero-order valence-corrected chi connectivity index (χ0v) is 7.92. The minimum absolute atomic E-state index is 0.494. The van der Waals surface area contributed by atoms with Gasteiger partial charge in [-0.1, -0.05) is 0 Å². The Morgan fingerprint density at radius 3 is 3.27 bits per heavy atom. The molecule has 0 radical (unpaired) electrons. The summed E-state index contributed by atoms with van der Waals surface area (Å²) in [6, 6.07) is 6.32. The first-order valence-corrected chi connectivity index (χ1v) is 4.65. The second-order valence-electron chi connectivity index (χ2n) is 3.39. The first-order valence-electron chi connectivity index (χ1n) is 4.65. The quantitative estimate of drug-likeness (QED) is 0.520. The van der Waals surface area contributed by atoms with Gasteiger partial charge in [-0.2, -0.15) is 5.48 Å². The van der Waals surface area contributed by atoms with Crippen LogP contribution < -0.4 is 10.2 Å². The van der Waals surface area contributed by atoms with Crippen LogP contribution in [0.5, 0.6) is 6.01 Å². The molecule has 3 N–H and O–H groups in total. The first kappa shape index (κ1) is 8.46. The van der Waals surface area contributed by atoms with Gasteiger partial charge in [-0.25, -0.2) is 10.2 Å². The number of imidazole rings is 1. The summed E-state index contributed by atoms with van der Waals surface area (Å²) in [5, 5.41) is 8.91. The van der Waals surface area contributed by atoms with Crippen LogP contribution in [0.2, 0.25) is 0 Å². The van der Waals surface area contributed by atoms with E-state index in [1.165, 1.54) is 0 Å². The van der Waals surface area contributed by atoms with Gasteiger partial charge in [-0.05, 0) is 6.07 Å². The second kappa shape index (κ2) is 3.08. The van der Waals surface area contributed by atoms with E-state index in [4.69, 9.17) is 9.94 Å². The van der Waals surface area contributed by atoms with Crippen LogP contribution in [-0.2, 0) is 6.61 Å². The predicted octanol–water partition coefficient (Wildman–Crippen LogP) is 0.349. The maximum atomic E-state index is 8.91. The van der Waals surface area contributed by atoms with Crippen molar-refractivity contribution < 1.29 is 15.4 Å². The topological polar surface area (TPSA) is 63.9 Å². The van der Waals surface area contributed by atoms with Gasteiger partial charge < -0.3 is 4.74 Å². The van der Waals surface area contributed by atoms with Crippen LogP contribution in [0.15, 0.2) is 30.6 Å². The summed E-state index contributed by atoms with van der Waals surface area (Å²) in [5.74, 6) is 0. The van der Waals surface area contributed by atoms with Crippen molar-refractivity contribution >= 4 is 5.69 Å². The van der Waals surface area contributed by atoms with Gasteiger partial charge in [0.25, 0.3) is 0 Å². The lowest BCUT2D eigenvalue weighted by atomic mass is 10.1. The van der Waals surface area contributed by atoms with Crippen LogP contribution >= 0.6 is 0 Å². The van der Waals surface area contributed by atoms with Crippen LogP contribution in [0.1, 0.15) is 5.56 Å². The third-order valence-electron chi connectivity index (χ3n) is 2.48. The van der Waals surface area contributed by atoms with Crippen LogP contribution in [0.4, 0.5) is 5.69 Å². The summed E-state index contributed by atoms with van der Waals surface area (Å²) >= 11 is 0. The molecule has 0 atom stereocenters. The number of aromatic nitrogens is 2. The van der Waals surface area contributed by atoms with Crippen molar-refractivity contribution in [3.8, 4) is 11.7 Å². The fraction of sp³-hybridized carbons (Fsp3) is 0.100. The molecule has 1 aromatic carbocycles. The van der Waals surface area contributed by atoms with E-state index in [2.05, 4.69) is 4.98 Å². The number of hydrogen-bond acceptors (Lipinski definition) is 3. The van der Waals surface area contributed by atoms with Gasteiger partial charge in [0.05, 0.1) is 5.69 Å². The lowest BCUT2D eigenvalue weighted by Crippen LogP contribution is -2.73. The number of fused-ring (bicyclic) bond motifs is 3. The summed E-state index contributed by atoms with van der Waals surface area (Å²) in [7, 11) is 0. The minimum atomic E-state index is 0.494. The maximum Gasteiger partial charge on any atom is 0.301 e. The largest absolute Gasteiger partial charge is 0.459 e. The van der Waals surface area contributed by atoms with Gasteiger partial charge in [0.15, 0.2) is 5.69 Å². The van der Waals surface area contributed by atoms with E-state index in [0.29, 0.717) is 12.6 Å². The Morgan fingerprint density at radius 1 is 1.47 bits per heavy atom. The predicted molar refractivity (Wildman–Crippen MR) is 51.3 cm³/mol. The lowest BCUT2D eigenvalue weighted by Gasteiger charge is -2.18. The average molecular weight is 204 g/mol. The third kappa shape index (κ3) is 1.21. The number of benzene rings is 1. The first-order chi connectivity index (χ1) is 7.38. The molecule has 0 amide bonds. The highest BCUT2D eigenvalue weighted by molar-refractivity contribution is 5.50. The molecule has 0 saturated carbocycles. The number of nitrogens with two attached hydrogens (primary N) is 1. The second-order valence-corrected chi connectivity index (χ2v) is 3.39. The summed E-state index contributed by atoms with van der Waals surface area (Å²) < 4.78 is 7.33. The molecule has 1 aromatic heterocycles. The van der Waals surface area contributed by atoms with Gasteiger partial charge >= 0.3 is 6.01 Å². The number of nitrogens with zero attached hydrogens (tertiary/aromatic N) is 2. The van der Waals surface area contributed by atoms with E-state index in [1.807, 2.05) is 29.0 Å². The Balaban J connectivity index is 2.18. The summed E-state index contributed by atoms with van der Waals surface area (Å²) in [5.41, 5.74) is 3.97. The van der Waals surface area contributed by atoms with E-state index in [1.54, 1.807) is 6.20 Å². The molecule has 5 heteroatoms. The van der Waals surface area contributed by atoms with Crippen molar-refractivity contribution in [2.45, 2.75) is 6.61 Å². The molecule has 2 aromatic rings. The van der Waals surface area contributed by atoms with Gasteiger partial charge in [0.1, 0.15) is 6.61 Å². The molecule has 5 nitrogen and oxygen atoms in total. The van der Waals surface area contributed by atoms with Crippen molar-refractivity contribution in [3.63, 3.8) is 0 Å². The highest BCUT2D eigenvalue weighted by atomic mass is 16.5. The van der Waals surface area contributed by atoms with E-state index in [0.717, 1.165) is 22.4 Å². The van der Waals surface area contributed by atoms with Crippen LogP contribution in [-0.4, -0.2) is 14.8 Å². The molecule has 2 heterocycles. The molecule has 0 unspecified atom stereocenters. The molecule has 15 heavy (non-hydrogen) atoms. The minimum Gasteiger partial charge on any atom is -0.459 e. The number of rotatable bonds is 1. The summed E-state index contributed by atoms with van der Waals surface area (Å²) in [6.45, 7) is 0.494. The maximum absolute atomic E-state index is 8.91. The van der Waals surface area contributed by atoms with Crippen LogP contribution in [0, 0.1) is 0 Å². The number of quaternary nitrogens is 1. The van der Waals surface area contributed by atoms with Crippen molar-refractivity contribution in [1.29, 1.82) is 0 Å². The number of ether oxygens (including phenoxy) is 1. The van der Waals surface area contributed by atoms with Crippen molar-refractivity contribution in [3.05, 3.63) is 36.2 Å². The fourth-order valence-corrected chi connectivity index (χ4v) is 1.76. The van der Waals surface area contributed by atoms with E-state index < -0.39 is 0 Å². The highest BCUT2D eigenvalue weighted by Gasteiger charge is 2.17. The van der Waals surface area contributed by atoms with Gasteiger partial charge in [0, 0.05) is 30.1 Å². The molecule has 1 aliphatic rings. The smallest absolute Gasteiger partial charge is 0.301 e. The third-order valence-corrected chi connectivity index (χ3v) is 2.48. The molecule has 0 spiro atoms. The average Bonchev–Trinajstić information content (AvgIpc) is 2.76. The fourth-order valence-electron chi connectivity index (χ4n) is 1.76. The summed E-state index contributed by atoms with van der Waals surface area (Å²) in [6.07, 6.45) is 3.56. The number of hydrogen-bond donors (Lipinski definition) is 2. The van der Waals surface area contributed by atoms with Crippen molar-refractivity contribution in [2.24, 2.45) is 0 Å². The Labute approximate surface area is 85.9 Å². The van der Waals surface area contributed by atoms with E-state index in [-0.39, 0.29) is 0 Å². The van der Waals surface area contributed by atoms with E-state index >= 15 is 0 Å². The Kier molecular flexibility index (Phi) is 1.74. The monoisotopic (exact) mass is 204 g/mol. The molecular formula is C10H10N3O2+. The zero-order valence-electron chi connectivity index (χ0n) is 7.92. The normalized spacial score (nSPS) is 12.9. The standard InChI is InChI=1S/C10H9N3O2/c14-12-8-1-2-9-7(5-8)6-15-10-11-3-4-13(9)10/h1-5,12,14H,6H2/p+1. The van der Waals surface area contributed by atoms with Gasteiger partial charge in [-0.3, -0.25) is 4.57 Å². The van der Waals surface area contributed by atoms with Crippen molar-refractivity contribution in [1.82, 2.24) is 9.55 Å². The van der Waals surface area contributed by atoms with E-state index in [9.17, 15) is 0 Å².